The van der Waals surface area contributed by atoms with Crippen LogP contribution in [0.2, 0.25) is 0 Å². The predicted molar refractivity (Wildman–Crippen MR) is 95.5 cm³/mol. The Morgan fingerprint density at radius 1 is 1.22 bits per heavy atom. The fourth-order valence-electron chi connectivity index (χ4n) is 3.03. The van der Waals surface area contributed by atoms with Gasteiger partial charge in [-0.1, -0.05) is 19.1 Å². The average molecular weight is 395 g/mol. The highest BCUT2D eigenvalue weighted by molar-refractivity contribution is 7.89. The molecule has 27 heavy (non-hydrogen) atoms. The minimum atomic E-state index is -3.94. The van der Waals surface area contributed by atoms with Crippen LogP contribution >= 0.6 is 0 Å². The van der Waals surface area contributed by atoms with Crippen molar-refractivity contribution in [3.8, 4) is 0 Å². The van der Waals surface area contributed by atoms with Crippen LogP contribution in [0.25, 0.3) is 0 Å². The molecule has 10 nitrogen and oxygen atoms in total. The van der Waals surface area contributed by atoms with E-state index in [9.17, 15) is 18.5 Å². The number of hydrogen-bond donors (Lipinski definition) is 0. The first kappa shape index (κ1) is 19.4. The fourth-order valence-corrected chi connectivity index (χ4v) is 4.61. The van der Waals surface area contributed by atoms with Gasteiger partial charge in [-0.25, -0.2) is 8.42 Å². The summed E-state index contributed by atoms with van der Waals surface area (Å²) < 4.78 is 32.6. The van der Waals surface area contributed by atoms with Crippen LogP contribution in [0, 0.1) is 10.1 Å². The first-order valence-corrected chi connectivity index (χ1v) is 10.1. The van der Waals surface area contributed by atoms with Crippen LogP contribution in [-0.4, -0.2) is 58.9 Å². The zero-order valence-corrected chi connectivity index (χ0v) is 15.9. The summed E-state index contributed by atoms with van der Waals surface area (Å²) in [5.74, 6) is 1.07. The Hall–Kier alpha value is -2.37. The maximum Gasteiger partial charge on any atom is 0.289 e. The van der Waals surface area contributed by atoms with E-state index in [1.807, 2.05) is 13.8 Å². The zero-order valence-electron chi connectivity index (χ0n) is 15.1. The molecular formula is C16H21N5O5S. The molecular weight excluding hydrogens is 374 g/mol. The van der Waals surface area contributed by atoms with Crippen molar-refractivity contribution in [2.24, 2.45) is 0 Å². The van der Waals surface area contributed by atoms with E-state index < -0.39 is 20.6 Å². The minimum absolute atomic E-state index is 0.131. The fraction of sp³-hybridized carbons (Fsp3) is 0.500. The molecule has 1 aromatic carbocycles. The smallest absolute Gasteiger partial charge is 0.289 e. The lowest BCUT2D eigenvalue weighted by Gasteiger charge is -2.36. The second-order valence-electron chi connectivity index (χ2n) is 6.23. The van der Waals surface area contributed by atoms with E-state index >= 15 is 0 Å². The third-order valence-corrected chi connectivity index (χ3v) is 6.59. The Balaban J connectivity index is 1.72. The Labute approximate surface area is 157 Å². The van der Waals surface area contributed by atoms with Crippen LogP contribution < -0.4 is 0 Å². The van der Waals surface area contributed by atoms with Gasteiger partial charge in [0.1, 0.15) is 0 Å². The van der Waals surface area contributed by atoms with Gasteiger partial charge < -0.3 is 4.42 Å². The van der Waals surface area contributed by atoms with Gasteiger partial charge in [0.25, 0.3) is 5.69 Å². The first-order valence-electron chi connectivity index (χ1n) is 8.64. The summed E-state index contributed by atoms with van der Waals surface area (Å²) >= 11 is 0. The molecule has 0 saturated carbocycles. The average Bonchev–Trinajstić information content (AvgIpc) is 3.16. The van der Waals surface area contributed by atoms with Crippen molar-refractivity contribution in [1.82, 2.24) is 19.4 Å². The van der Waals surface area contributed by atoms with E-state index in [1.165, 1.54) is 28.6 Å². The number of aryl methyl sites for hydroxylation is 1. The van der Waals surface area contributed by atoms with Gasteiger partial charge in [-0.15, -0.1) is 10.2 Å². The molecule has 0 aliphatic carbocycles. The normalized spacial score (nSPS) is 17.7. The number of para-hydroxylation sites is 1. The van der Waals surface area contributed by atoms with E-state index in [2.05, 4.69) is 15.1 Å². The number of rotatable bonds is 6. The highest BCUT2D eigenvalue weighted by Gasteiger charge is 2.35. The molecule has 0 amide bonds. The van der Waals surface area contributed by atoms with Gasteiger partial charge in [0.05, 0.1) is 11.0 Å². The molecule has 1 fully saturated rings. The van der Waals surface area contributed by atoms with Crippen LogP contribution in [0.3, 0.4) is 0 Å². The van der Waals surface area contributed by atoms with E-state index in [-0.39, 0.29) is 24.0 Å². The molecule has 0 spiro atoms. The summed E-state index contributed by atoms with van der Waals surface area (Å²) in [6.07, 6.45) is 0.654. The van der Waals surface area contributed by atoms with Crippen LogP contribution in [0.15, 0.2) is 33.6 Å². The van der Waals surface area contributed by atoms with Crippen LogP contribution in [0.5, 0.6) is 0 Å². The minimum Gasteiger partial charge on any atom is -0.424 e. The molecule has 2 aromatic rings. The van der Waals surface area contributed by atoms with Crippen LogP contribution in [-0.2, 0) is 16.4 Å². The van der Waals surface area contributed by atoms with E-state index in [0.717, 1.165) is 0 Å². The van der Waals surface area contributed by atoms with Crippen molar-refractivity contribution in [1.29, 1.82) is 0 Å². The SMILES string of the molecule is CCc1nnc(C(C)N2CCN(S(=O)(=O)c3ccccc3[N+](=O)[O-])CC2)o1. The van der Waals surface area contributed by atoms with E-state index in [4.69, 9.17) is 4.42 Å². The Kier molecular flexibility index (Phi) is 5.53. The van der Waals surface area contributed by atoms with Crippen molar-refractivity contribution in [2.75, 3.05) is 26.2 Å². The summed E-state index contributed by atoms with van der Waals surface area (Å²) in [4.78, 5) is 12.3. The number of nitrogens with zero attached hydrogens (tertiary/aromatic N) is 5. The van der Waals surface area contributed by atoms with Crippen molar-refractivity contribution < 1.29 is 17.8 Å². The van der Waals surface area contributed by atoms with Crippen molar-refractivity contribution in [2.45, 2.75) is 31.2 Å². The largest absolute Gasteiger partial charge is 0.424 e. The summed E-state index contributed by atoms with van der Waals surface area (Å²) in [6.45, 7) is 5.24. The lowest BCUT2D eigenvalue weighted by molar-refractivity contribution is -0.387. The molecule has 146 valence electrons. The number of sulfonamides is 1. The quantitative estimate of drug-likeness (QED) is 0.534. The summed E-state index contributed by atoms with van der Waals surface area (Å²) in [7, 11) is -3.94. The maximum absolute atomic E-state index is 12.9. The lowest BCUT2D eigenvalue weighted by Crippen LogP contribution is -2.49. The molecule has 2 heterocycles. The van der Waals surface area contributed by atoms with E-state index in [1.54, 1.807) is 0 Å². The van der Waals surface area contributed by atoms with Gasteiger partial charge >= 0.3 is 0 Å². The molecule has 1 aromatic heterocycles. The lowest BCUT2D eigenvalue weighted by atomic mass is 10.2. The van der Waals surface area contributed by atoms with Gasteiger partial charge in [0.15, 0.2) is 4.90 Å². The van der Waals surface area contributed by atoms with Crippen molar-refractivity contribution in [3.63, 3.8) is 0 Å². The predicted octanol–water partition coefficient (Wildman–Crippen LogP) is 1.61. The monoisotopic (exact) mass is 395 g/mol. The topological polar surface area (TPSA) is 123 Å². The number of aromatic nitrogens is 2. The molecule has 11 heteroatoms. The Morgan fingerprint density at radius 2 is 1.89 bits per heavy atom. The highest BCUT2D eigenvalue weighted by Crippen LogP contribution is 2.28. The highest BCUT2D eigenvalue weighted by atomic mass is 32.2. The molecule has 0 N–H and O–H groups in total. The third kappa shape index (κ3) is 3.84. The third-order valence-electron chi connectivity index (χ3n) is 4.64. The van der Waals surface area contributed by atoms with Gasteiger partial charge in [0, 0.05) is 38.7 Å². The Morgan fingerprint density at radius 3 is 2.48 bits per heavy atom. The van der Waals surface area contributed by atoms with Crippen LogP contribution in [0.4, 0.5) is 5.69 Å². The molecule has 1 unspecified atom stereocenters. The summed E-state index contributed by atoms with van der Waals surface area (Å²) in [5.41, 5.74) is -0.411. The summed E-state index contributed by atoms with van der Waals surface area (Å²) in [5, 5.41) is 19.2. The number of nitro groups is 1. The first-order chi connectivity index (χ1) is 12.8. The van der Waals surface area contributed by atoms with Crippen molar-refractivity contribution >= 4 is 15.7 Å². The Bertz CT molecular complexity index is 921. The number of hydrogen-bond acceptors (Lipinski definition) is 8. The zero-order chi connectivity index (χ0) is 19.6. The molecule has 3 rings (SSSR count). The summed E-state index contributed by atoms with van der Waals surface area (Å²) in [6, 6.07) is 5.28. The molecule has 1 aliphatic heterocycles. The maximum atomic E-state index is 12.9. The van der Waals surface area contributed by atoms with Crippen molar-refractivity contribution in [3.05, 3.63) is 46.2 Å². The second-order valence-corrected chi connectivity index (χ2v) is 8.13. The molecule has 1 atom stereocenters. The second kappa shape index (κ2) is 7.71. The van der Waals surface area contributed by atoms with Gasteiger partial charge in [-0.2, -0.15) is 4.31 Å². The number of nitro benzene ring substituents is 1. The molecule has 0 radical (unpaired) electrons. The van der Waals surface area contributed by atoms with E-state index in [0.29, 0.717) is 31.3 Å². The number of piperazine rings is 1. The molecule has 1 saturated heterocycles. The standard InChI is InChI=1S/C16H21N5O5S/c1-3-15-17-18-16(26-15)12(2)19-8-10-20(11-9-19)27(24,25)14-7-5-4-6-13(14)21(22)23/h4-7,12H,3,8-11H2,1-2H3. The molecule has 0 bridgehead atoms. The van der Waals surface area contributed by atoms with Gasteiger partial charge in [0.2, 0.25) is 21.8 Å². The van der Waals surface area contributed by atoms with Gasteiger partial charge in [-0.05, 0) is 13.0 Å². The van der Waals surface area contributed by atoms with Gasteiger partial charge in [-0.3, -0.25) is 15.0 Å². The van der Waals surface area contributed by atoms with Crippen LogP contribution in [0.1, 0.15) is 31.7 Å². The number of benzene rings is 1. The molecule has 1 aliphatic rings.